The highest BCUT2D eigenvalue weighted by molar-refractivity contribution is 5.94. The number of hydrogen-bond acceptors (Lipinski definition) is 4. The third-order valence-electron chi connectivity index (χ3n) is 5.66. The number of nitrogens with zero attached hydrogens (tertiary/aromatic N) is 4. The molecular formula is C23H24N4O3. The number of aryl methyl sites for hydroxylation is 2. The number of likely N-dealkylation sites (tertiary alicyclic amines) is 1. The largest absolute Gasteiger partial charge is 0.337 e. The lowest BCUT2D eigenvalue weighted by molar-refractivity contribution is -0.384. The van der Waals surface area contributed by atoms with Crippen LogP contribution in [0.3, 0.4) is 0 Å². The molecule has 154 valence electrons. The van der Waals surface area contributed by atoms with E-state index in [1.165, 1.54) is 22.4 Å². The van der Waals surface area contributed by atoms with Crippen molar-refractivity contribution in [3.63, 3.8) is 0 Å². The van der Waals surface area contributed by atoms with Gasteiger partial charge in [-0.05, 0) is 62.4 Å². The van der Waals surface area contributed by atoms with Gasteiger partial charge in [0.15, 0.2) is 0 Å². The molecule has 0 unspecified atom stereocenters. The maximum atomic E-state index is 13.3. The quantitative estimate of drug-likeness (QED) is 0.467. The summed E-state index contributed by atoms with van der Waals surface area (Å²) in [5.74, 6) is -0.0937. The van der Waals surface area contributed by atoms with Crippen LogP contribution in [-0.4, -0.2) is 38.6 Å². The molecule has 3 aromatic rings. The number of carbonyl (C=O) groups is 1. The normalized spacial score (nSPS) is 14.0. The minimum absolute atomic E-state index is 0.0351. The van der Waals surface area contributed by atoms with Crippen molar-refractivity contribution in [2.24, 2.45) is 0 Å². The molecule has 0 bridgehead atoms. The zero-order valence-electron chi connectivity index (χ0n) is 17.2. The minimum atomic E-state index is -0.441. The Morgan fingerprint density at radius 2 is 1.77 bits per heavy atom. The summed E-state index contributed by atoms with van der Waals surface area (Å²) >= 11 is 0. The van der Waals surface area contributed by atoms with Crippen LogP contribution in [0.1, 0.15) is 40.9 Å². The van der Waals surface area contributed by atoms with E-state index < -0.39 is 4.92 Å². The number of rotatable bonds is 4. The average Bonchev–Trinajstić information content (AvgIpc) is 3.21. The number of benzene rings is 2. The molecule has 0 radical (unpaired) electrons. The Kier molecular flexibility index (Phi) is 5.35. The van der Waals surface area contributed by atoms with Crippen LogP contribution in [0.15, 0.2) is 48.5 Å². The second-order valence-corrected chi connectivity index (χ2v) is 7.76. The molecule has 4 rings (SSSR count). The summed E-state index contributed by atoms with van der Waals surface area (Å²) in [6, 6.07) is 14.1. The third-order valence-corrected chi connectivity index (χ3v) is 5.66. The predicted octanol–water partition coefficient (Wildman–Crippen LogP) is 4.69. The maximum absolute atomic E-state index is 13.3. The Morgan fingerprint density at radius 3 is 2.47 bits per heavy atom. The van der Waals surface area contributed by atoms with Crippen molar-refractivity contribution in [3.8, 4) is 16.9 Å². The Morgan fingerprint density at radius 1 is 1.00 bits per heavy atom. The van der Waals surface area contributed by atoms with E-state index in [4.69, 9.17) is 0 Å². The van der Waals surface area contributed by atoms with Crippen molar-refractivity contribution in [2.75, 3.05) is 13.1 Å². The number of nitro groups is 1. The van der Waals surface area contributed by atoms with E-state index in [-0.39, 0.29) is 11.6 Å². The number of amides is 1. The first kappa shape index (κ1) is 19.8. The fourth-order valence-electron chi connectivity index (χ4n) is 3.77. The van der Waals surface area contributed by atoms with E-state index in [2.05, 4.69) is 5.10 Å². The molecule has 1 aliphatic rings. The van der Waals surface area contributed by atoms with Crippen LogP contribution in [-0.2, 0) is 0 Å². The van der Waals surface area contributed by atoms with E-state index >= 15 is 0 Å². The number of nitro benzene ring substituents is 1. The van der Waals surface area contributed by atoms with Crippen LogP contribution in [0.2, 0.25) is 0 Å². The van der Waals surface area contributed by atoms with Crippen molar-refractivity contribution in [3.05, 3.63) is 75.5 Å². The third kappa shape index (κ3) is 3.83. The van der Waals surface area contributed by atoms with Gasteiger partial charge in [0, 0.05) is 30.8 Å². The zero-order valence-corrected chi connectivity index (χ0v) is 17.2. The van der Waals surface area contributed by atoms with Gasteiger partial charge in [-0.15, -0.1) is 0 Å². The summed E-state index contributed by atoms with van der Waals surface area (Å²) in [6.45, 7) is 5.53. The number of non-ortho nitro benzene ring substituents is 1. The Hall–Kier alpha value is -3.48. The van der Waals surface area contributed by atoms with Crippen molar-refractivity contribution in [1.82, 2.24) is 14.7 Å². The fraction of sp³-hybridized carbons (Fsp3) is 0.304. The number of carbonyl (C=O) groups excluding carboxylic acids is 1. The van der Waals surface area contributed by atoms with E-state index in [1.807, 2.05) is 36.9 Å². The number of piperidine rings is 1. The molecule has 1 aliphatic heterocycles. The van der Waals surface area contributed by atoms with Gasteiger partial charge in [-0.2, -0.15) is 5.10 Å². The molecule has 0 saturated carbocycles. The van der Waals surface area contributed by atoms with Crippen LogP contribution in [0.5, 0.6) is 0 Å². The lowest BCUT2D eigenvalue weighted by Gasteiger charge is -2.26. The van der Waals surface area contributed by atoms with Crippen molar-refractivity contribution < 1.29 is 9.72 Å². The van der Waals surface area contributed by atoms with Crippen LogP contribution < -0.4 is 0 Å². The van der Waals surface area contributed by atoms with Gasteiger partial charge in [-0.3, -0.25) is 14.9 Å². The van der Waals surface area contributed by atoms with E-state index in [1.54, 1.807) is 18.2 Å². The van der Waals surface area contributed by atoms with E-state index in [0.717, 1.165) is 43.5 Å². The van der Waals surface area contributed by atoms with Crippen molar-refractivity contribution in [1.29, 1.82) is 0 Å². The molecule has 2 aromatic carbocycles. The highest BCUT2D eigenvalue weighted by Crippen LogP contribution is 2.26. The summed E-state index contributed by atoms with van der Waals surface area (Å²) in [5, 5.41) is 15.9. The molecule has 0 atom stereocenters. The highest BCUT2D eigenvalue weighted by atomic mass is 16.6. The van der Waals surface area contributed by atoms with Gasteiger partial charge in [0.25, 0.3) is 11.6 Å². The fourth-order valence-corrected chi connectivity index (χ4v) is 3.77. The molecule has 1 amide bonds. The summed E-state index contributed by atoms with van der Waals surface area (Å²) < 4.78 is 1.54. The Balaban J connectivity index is 1.83. The van der Waals surface area contributed by atoms with E-state index in [9.17, 15) is 14.9 Å². The zero-order chi connectivity index (χ0) is 21.3. The number of hydrogen-bond donors (Lipinski definition) is 0. The van der Waals surface area contributed by atoms with Crippen LogP contribution >= 0.6 is 0 Å². The lowest BCUT2D eigenvalue weighted by Crippen LogP contribution is -2.36. The summed E-state index contributed by atoms with van der Waals surface area (Å²) in [4.78, 5) is 26.0. The van der Waals surface area contributed by atoms with Gasteiger partial charge in [0.2, 0.25) is 0 Å². The van der Waals surface area contributed by atoms with Crippen LogP contribution in [0.25, 0.3) is 16.9 Å². The molecule has 30 heavy (non-hydrogen) atoms. The van der Waals surface area contributed by atoms with Crippen LogP contribution in [0, 0.1) is 24.0 Å². The summed E-state index contributed by atoms with van der Waals surface area (Å²) in [7, 11) is 0. The van der Waals surface area contributed by atoms with Gasteiger partial charge in [0.1, 0.15) is 5.69 Å². The first-order chi connectivity index (χ1) is 14.4. The smallest absolute Gasteiger partial charge is 0.272 e. The van der Waals surface area contributed by atoms with Gasteiger partial charge in [0.05, 0.1) is 16.3 Å². The van der Waals surface area contributed by atoms with Crippen molar-refractivity contribution >= 4 is 11.6 Å². The topological polar surface area (TPSA) is 81.3 Å². The molecule has 1 fully saturated rings. The van der Waals surface area contributed by atoms with Gasteiger partial charge in [-0.25, -0.2) is 4.68 Å². The Labute approximate surface area is 175 Å². The molecule has 0 N–H and O–H groups in total. The summed E-state index contributed by atoms with van der Waals surface area (Å²) in [5.41, 5.74) is 4.79. The standard InChI is InChI=1S/C23H24N4O3/c1-16-9-10-18(13-17(16)2)21-15-22(23(28)25-11-4-3-5-12-25)26(24-21)19-7-6-8-20(14-19)27(29)30/h6-10,13-15H,3-5,11-12H2,1-2H3. The maximum Gasteiger partial charge on any atom is 0.272 e. The average molecular weight is 404 g/mol. The minimum Gasteiger partial charge on any atom is -0.337 e. The number of aromatic nitrogens is 2. The first-order valence-corrected chi connectivity index (χ1v) is 10.2. The molecule has 1 aromatic heterocycles. The lowest BCUT2D eigenvalue weighted by atomic mass is 10.0. The molecule has 2 heterocycles. The monoisotopic (exact) mass is 404 g/mol. The molecule has 7 heteroatoms. The summed E-state index contributed by atoms with van der Waals surface area (Å²) in [6.07, 6.45) is 3.10. The molecular weight excluding hydrogens is 380 g/mol. The Bertz CT molecular complexity index is 1110. The second kappa shape index (κ2) is 8.10. The molecule has 0 spiro atoms. The predicted molar refractivity (Wildman–Crippen MR) is 115 cm³/mol. The van der Waals surface area contributed by atoms with Crippen LogP contribution in [0.4, 0.5) is 5.69 Å². The first-order valence-electron chi connectivity index (χ1n) is 10.2. The second-order valence-electron chi connectivity index (χ2n) is 7.76. The van der Waals surface area contributed by atoms with Gasteiger partial charge in [-0.1, -0.05) is 18.2 Å². The van der Waals surface area contributed by atoms with Gasteiger partial charge >= 0.3 is 0 Å². The molecule has 0 aliphatic carbocycles. The van der Waals surface area contributed by atoms with Gasteiger partial charge < -0.3 is 4.90 Å². The molecule has 7 nitrogen and oxygen atoms in total. The highest BCUT2D eigenvalue weighted by Gasteiger charge is 2.24. The van der Waals surface area contributed by atoms with E-state index in [0.29, 0.717) is 17.1 Å². The van der Waals surface area contributed by atoms with Crippen molar-refractivity contribution in [2.45, 2.75) is 33.1 Å². The SMILES string of the molecule is Cc1ccc(-c2cc(C(=O)N3CCCCC3)n(-c3cccc([N+](=O)[O-])c3)n2)cc1C. The molecule has 1 saturated heterocycles.